The van der Waals surface area contributed by atoms with Crippen molar-refractivity contribution in [2.24, 2.45) is 7.05 Å². The van der Waals surface area contributed by atoms with Crippen LogP contribution in [0.1, 0.15) is 5.69 Å². The molecule has 0 aliphatic heterocycles. The van der Waals surface area contributed by atoms with Gasteiger partial charge in [0.15, 0.2) is 4.90 Å². The zero-order chi connectivity index (χ0) is 15.1. The van der Waals surface area contributed by atoms with Crippen molar-refractivity contribution in [3.8, 4) is 5.69 Å². The molecule has 20 heavy (non-hydrogen) atoms. The van der Waals surface area contributed by atoms with Crippen LogP contribution in [0.4, 0.5) is 0 Å². The molecule has 0 aliphatic carbocycles. The summed E-state index contributed by atoms with van der Waals surface area (Å²) in [5, 5.41) is 0. The zero-order valence-corrected chi connectivity index (χ0v) is 12.7. The minimum atomic E-state index is -3.77. The van der Waals surface area contributed by atoms with Gasteiger partial charge in [-0.3, -0.25) is 9.48 Å². The van der Waals surface area contributed by atoms with Crippen molar-refractivity contribution in [1.29, 1.82) is 0 Å². The molecule has 7 heteroatoms. The number of rotatable bonds is 3. The number of hydrogen-bond donors (Lipinski definition) is 0. The number of sulfonamides is 1. The summed E-state index contributed by atoms with van der Waals surface area (Å²) < 4.78 is 28.5. The van der Waals surface area contributed by atoms with Crippen LogP contribution in [0, 0.1) is 6.92 Å². The first-order valence-electron chi connectivity index (χ1n) is 6.05. The smallest absolute Gasteiger partial charge is 0.284 e. The maximum atomic E-state index is 12.5. The fraction of sp³-hybridized carbons (Fsp3) is 0.308. The molecule has 0 N–H and O–H groups in total. The molecule has 2 aromatic rings. The third-order valence-corrected chi connectivity index (χ3v) is 5.19. The second-order valence-electron chi connectivity index (χ2n) is 4.68. The molecule has 0 saturated heterocycles. The average Bonchev–Trinajstić information content (AvgIpc) is 2.61. The molecule has 0 aliphatic rings. The van der Waals surface area contributed by atoms with Crippen LogP contribution in [0.5, 0.6) is 0 Å². The van der Waals surface area contributed by atoms with Gasteiger partial charge in [-0.2, -0.15) is 0 Å². The van der Waals surface area contributed by atoms with Crippen LogP contribution in [0.25, 0.3) is 5.69 Å². The minimum absolute atomic E-state index is 0.186. The fourth-order valence-electron chi connectivity index (χ4n) is 2.02. The summed E-state index contributed by atoms with van der Waals surface area (Å²) in [5.74, 6) is 0. The Morgan fingerprint density at radius 3 is 2.15 bits per heavy atom. The summed E-state index contributed by atoms with van der Waals surface area (Å²) >= 11 is 0. The SMILES string of the molecule is Cc1c(S(=O)(=O)N(C)C)c(=O)n(-c2ccccc2)n1C. The molecule has 0 saturated carbocycles. The highest BCUT2D eigenvalue weighted by Gasteiger charge is 2.29. The van der Waals surface area contributed by atoms with Crippen molar-refractivity contribution in [3.63, 3.8) is 0 Å². The zero-order valence-electron chi connectivity index (χ0n) is 11.9. The lowest BCUT2D eigenvalue weighted by Crippen LogP contribution is -2.29. The van der Waals surface area contributed by atoms with Gasteiger partial charge in [-0.05, 0) is 19.1 Å². The van der Waals surface area contributed by atoms with E-state index in [1.807, 2.05) is 6.07 Å². The van der Waals surface area contributed by atoms with E-state index >= 15 is 0 Å². The lowest BCUT2D eigenvalue weighted by molar-refractivity contribution is 0.519. The summed E-state index contributed by atoms with van der Waals surface area (Å²) in [6, 6.07) is 8.94. The third-order valence-electron chi connectivity index (χ3n) is 3.24. The van der Waals surface area contributed by atoms with Gasteiger partial charge in [0.05, 0.1) is 11.4 Å². The molecular weight excluding hydrogens is 278 g/mol. The van der Waals surface area contributed by atoms with Crippen molar-refractivity contribution in [2.45, 2.75) is 11.8 Å². The normalized spacial score (nSPS) is 12.1. The molecule has 0 amide bonds. The Morgan fingerprint density at radius 2 is 1.65 bits per heavy atom. The fourth-order valence-corrected chi connectivity index (χ4v) is 3.20. The quantitative estimate of drug-likeness (QED) is 0.839. The predicted octanol–water partition coefficient (Wildman–Crippen LogP) is 0.735. The van der Waals surface area contributed by atoms with Gasteiger partial charge in [-0.1, -0.05) is 18.2 Å². The van der Waals surface area contributed by atoms with Crippen molar-refractivity contribution >= 4 is 10.0 Å². The van der Waals surface area contributed by atoms with Crippen molar-refractivity contribution in [2.75, 3.05) is 14.1 Å². The Morgan fingerprint density at radius 1 is 1.10 bits per heavy atom. The molecule has 0 radical (unpaired) electrons. The molecule has 0 fully saturated rings. The van der Waals surface area contributed by atoms with E-state index in [0.717, 1.165) is 4.31 Å². The van der Waals surface area contributed by atoms with Crippen LogP contribution in [-0.2, 0) is 17.1 Å². The number of benzene rings is 1. The van der Waals surface area contributed by atoms with Gasteiger partial charge >= 0.3 is 0 Å². The first kappa shape index (κ1) is 14.5. The summed E-state index contributed by atoms with van der Waals surface area (Å²) in [6.07, 6.45) is 0. The first-order valence-corrected chi connectivity index (χ1v) is 7.49. The maximum Gasteiger partial charge on any atom is 0.291 e. The van der Waals surface area contributed by atoms with Gasteiger partial charge in [0.1, 0.15) is 0 Å². The Balaban J connectivity index is 2.81. The number of aromatic nitrogens is 2. The molecule has 6 nitrogen and oxygen atoms in total. The summed E-state index contributed by atoms with van der Waals surface area (Å²) in [5.41, 5.74) is 0.501. The number of nitrogens with zero attached hydrogens (tertiary/aromatic N) is 3. The average molecular weight is 295 g/mol. The largest absolute Gasteiger partial charge is 0.291 e. The predicted molar refractivity (Wildman–Crippen MR) is 76.6 cm³/mol. The van der Waals surface area contributed by atoms with E-state index in [0.29, 0.717) is 11.4 Å². The molecule has 1 aromatic carbocycles. The van der Waals surface area contributed by atoms with Crippen molar-refractivity contribution in [3.05, 3.63) is 46.4 Å². The van der Waals surface area contributed by atoms with Gasteiger partial charge < -0.3 is 0 Å². The highest BCUT2D eigenvalue weighted by Crippen LogP contribution is 2.16. The highest BCUT2D eigenvalue weighted by molar-refractivity contribution is 7.89. The molecular formula is C13H17N3O3S. The monoisotopic (exact) mass is 295 g/mol. The van der Waals surface area contributed by atoms with Crippen LogP contribution in [0.3, 0.4) is 0 Å². The van der Waals surface area contributed by atoms with Crippen LogP contribution in [-0.4, -0.2) is 36.2 Å². The van der Waals surface area contributed by atoms with E-state index in [1.54, 1.807) is 42.9 Å². The van der Waals surface area contributed by atoms with E-state index in [-0.39, 0.29) is 4.90 Å². The second-order valence-corrected chi connectivity index (χ2v) is 6.77. The van der Waals surface area contributed by atoms with E-state index < -0.39 is 15.6 Å². The van der Waals surface area contributed by atoms with E-state index in [9.17, 15) is 13.2 Å². The van der Waals surface area contributed by atoms with Crippen molar-refractivity contribution in [1.82, 2.24) is 13.7 Å². The van der Waals surface area contributed by atoms with Crippen LogP contribution in [0.15, 0.2) is 40.0 Å². The van der Waals surface area contributed by atoms with E-state index in [1.165, 1.54) is 18.8 Å². The third kappa shape index (κ3) is 2.08. The van der Waals surface area contributed by atoms with Gasteiger partial charge in [0.25, 0.3) is 5.56 Å². The molecule has 108 valence electrons. The lowest BCUT2D eigenvalue weighted by Gasteiger charge is -2.09. The van der Waals surface area contributed by atoms with Crippen molar-refractivity contribution < 1.29 is 8.42 Å². The molecule has 0 spiro atoms. The highest BCUT2D eigenvalue weighted by atomic mass is 32.2. The Bertz CT molecular complexity index is 786. The number of para-hydroxylation sites is 1. The van der Waals surface area contributed by atoms with Gasteiger partial charge in [-0.25, -0.2) is 17.4 Å². The molecule has 1 heterocycles. The van der Waals surface area contributed by atoms with Crippen LogP contribution >= 0.6 is 0 Å². The maximum absolute atomic E-state index is 12.5. The molecule has 0 unspecified atom stereocenters. The topological polar surface area (TPSA) is 64.3 Å². The van der Waals surface area contributed by atoms with E-state index in [2.05, 4.69) is 0 Å². The van der Waals surface area contributed by atoms with E-state index in [4.69, 9.17) is 0 Å². The van der Waals surface area contributed by atoms with Gasteiger partial charge in [0.2, 0.25) is 10.0 Å². The summed E-state index contributed by atoms with van der Waals surface area (Å²) in [6.45, 7) is 1.62. The second kappa shape index (κ2) is 4.92. The summed E-state index contributed by atoms with van der Waals surface area (Å²) in [7, 11) is 0.718. The standard InChI is InChI=1S/C13H17N3O3S/c1-10-12(20(18,19)14(2)3)13(17)16(15(10)4)11-8-6-5-7-9-11/h5-9H,1-4H3. The Kier molecular flexibility index (Phi) is 3.58. The Hall–Kier alpha value is -1.86. The van der Waals surface area contributed by atoms with Crippen LogP contribution in [0.2, 0.25) is 0 Å². The Labute approximate surface area is 117 Å². The molecule has 0 bridgehead atoms. The summed E-state index contributed by atoms with van der Waals surface area (Å²) in [4.78, 5) is 12.3. The number of hydrogen-bond acceptors (Lipinski definition) is 3. The van der Waals surface area contributed by atoms with Gasteiger partial charge in [-0.15, -0.1) is 0 Å². The first-order chi connectivity index (χ1) is 9.28. The lowest BCUT2D eigenvalue weighted by atomic mass is 10.3. The minimum Gasteiger partial charge on any atom is -0.284 e. The van der Waals surface area contributed by atoms with Crippen LogP contribution < -0.4 is 5.56 Å². The molecule has 0 atom stereocenters. The molecule has 2 rings (SSSR count). The van der Waals surface area contributed by atoms with Gasteiger partial charge in [0, 0.05) is 21.1 Å². The molecule has 1 aromatic heterocycles.